The third kappa shape index (κ3) is 7.57. The van der Waals surface area contributed by atoms with Crippen LogP contribution in [-0.4, -0.2) is 84.8 Å². The van der Waals surface area contributed by atoms with Crippen molar-refractivity contribution in [2.24, 2.45) is 0 Å². The second-order valence-electron chi connectivity index (χ2n) is 14.4. The molecule has 0 saturated carbocycles. The van der Waals surface area contributed by atoms with E-state index in [1.165, 1.54) is 0 Å². The maximum atomic E-state index is 12.9. The van der Waals surface area contributed by atoms with Crippen molar-refractivity contribution in [3.63, 3.8) is 0 Å². The Morgan fingerprint density at radius 3 is 2.16 bits per heavy atom. The molecule has 11 heteroatoms. The predicted molar refractivity (Wildman–Crippen MR) is 174 cm³/mol. The molecule has 3 atom stereocenters. The van der Waals surface area contributed by atoms with Crippen LogP contribution in [0.3, 0.4) is 0 Å². The number of nitrogens with zero attached hydrogens (tertiary/aromatic N) is 5. The smallest absolute Gasteiger partial charge is 0.410 e. The zero-order valence-electron chi connectivity index (χ0n) is 27.8. The third-order valence-corrected chi connectivity index (χ3v) is 8.58. The fourth-order valence-electron chi connectivity index (χ4n) is 5.95. The first-order valence-corrected chi connectivity index (χ1v) is 15.8. The molecule has 1 aromatic carbocycles. The number of carbonyl (C=O) groups is 2. The minimum Gasteiger partial charge on any atom is -0.444 e. The third-order valence-electron chi connectivity index (χ3n) is 8.58. The van der Waals surface area contributed by atoms with Gasteiger partial charge in [0.1, 0.15) is 17.0 Å². The van der Waals surface area contributed by atoms with Crippen LogP contribution >= 0.6 is 0 Å². The Kier molecular flexibility index (Phi) is 8.83. The summed E-state index contributed by atoms with van der Waals surface area (Å²) in [6.07, 6.45) is 7.52. The Labute approximate surface area is 266 Å². The molecule has 5 rings (SSSR count). The average molecular weight is 618 g/mol. The molecule has 2 fully saturated rings. The minimum absolute atomic E-state index is 0.0705. The number of anilines is 1. The van der Waals surface area contributed by atoms with Crippen LogP contribution in [0.2, 0.25) is 0 Å². The van der Waals surface area contributed by atoms with Crippen molar-refractivity contribution in [2.45, 2.75) is 103 Å². The number of likely N-dealkylation sites (tertiary alicyclic amines) is 2. The highest BCUT2D eigenvalue weighted by atomic mass is 16.6. The largest absolute Gasteiger partial charge is 0.444 e. The van der Waals surface area contributed by atoms with Gasteiger partial charge in [-0.05, 0) is 78.9 Å². The van der Waals surface area contributed by atoms with Crippen LogP contribution in [0.1, 0.15) is 80.5 Å². The van der Waals surface area contributed by atoms with Crippen LogP contribution < -0.4 is 5.32 Å². The van der Waals surface area contributed by atoms with E-state index in [4.69, 9.17) is 14.5 Å². The van der Waals surface area contributed by atoms with Crippen molar-refractivity contribution >= 4 is 18.1 Å². The van der Waals surface area contributed by atoms with Gasteiger partial charge in [-0.15, -0.1) is 0 Å². The molecule has 0 bridgehead atoms. The van der Waals surface area contributed by atoms with E-state index >= 15 is 0 Å². The zero-order chi connectivity index (χ0) is 32.6. The van der Waals surface area contributed by atoms with Gasteiger partial charge in [-0.25, -0.2) is 24.5 Å². The number of imidazole rings is 1. The molecule has 0 radical (unpaired) electrons. The van der Waals surface area contributed by atoms with Gasteiger partial charge in [-0.3, -0.25) is 0 Å². The van der Waals surface area contributed by atoms with Crippen LogP contribution in [0, 0.1) is 0 Å². The maximum Gasteiger partial charge on any atom is 0.410 e. The van der Waals surface area contributed by atoms with E-state index in [2.05, 4.69) is 46.2 Å². The topological polar surface area (TPSA) is 126 Å². The summed E-state index contributed by atoms with van der Waals surface area (Å²) < 4.78 is 11.2. The Balaban J connectivity index is 1.20. The van der Waals surface area contributed by atoms with Crippen LogP contribution in [0.25, 0.3) is 22.4 Å². The molecule has 2 saturated heterocycles. The van der Waals surface area contributed by atoms with E-state index in [9.17, 15) is 9.59 Å². The normalized spacial score (nSPS) is 22.3. The summed E-state index contributed by atoms with van der Waals surface area (Å²) in [5.74, 6) is 1.40. The maximum absolute atomic E-state index is 12.9. The van der Waals surface area contributed by atoms with Gasteiger partial charge in [0, 0.05) is 55.1 Å². The van der Waals surface area contributed by atoms with Crippen LogP contribution in [-0.2, 0) is 14.9 Å². The Bertz CT molecular complexity index is 1490. The Morgan fingerprint density at radius 2 is 1.51 bits per heavy atom. The second kappa shape index (κ2) is 12.3. The Hall–Kier alpha value is -4.15. The van der Waals surface area contributed by atoms with Gasteiger partial charge in [0.25, 0.3) is 0 Å². The van der Waals surface area contributed by atoms with Crippen LogP contribution in [0.5, 0.6) is 0 Å². The number of ether oxygens (including phenoxy) is 2. The number of H-pyrrole nitrogens is 1. The molecule has 4 heterocycles. The molecular weight excluding hydrogens is 570 g/mol. The number of rotatable bonds is 5. The summed E-state index contributed by atoms with van der Waals surface area (Å²) in [7, 11) is 0. The highest BCUT2D eigenvalue weighted by molar-refractivity contribution is 5.70. The molecule has 242 valence electrons. The van der Waals surface area contributed by atoms with E-state index in [1.54, 1.807) is 17.3 Å². The van der Waals surface area contributed by atoms with E-state index in [0.29, 0.717) is 25.6 Å². The lowest BCUT2D eigenvalue weighted by molar-refractivity contribution is -0.00153. The van der Waals surface area contributed by atoms with Crippen molar-refractivity contribution in [1.82, 2.24) is 29.7 Å². The first-order valence-electron chi connectivity index (χ1n) is 15.8. The monoisotopic (exact) mass is 617 g/mol. The number of hydrogen-bond acceptors (Lipinski definition) is 8. The number of aromatic amines is 1. The second-order valence-corrected chi connectivity index (χ2v) is 14.4. The van der Waals surface area contributed by atoms with E-state index in [1.807, 2.05) is 64.8 Å². The number of hydrogen-bond donors (Lipinski definition) is 2. The molecule has 2 aliphatic heterocycles. The van der Waals surface area contributed by atoms with Gasteiger partial charge < -0.3 is 29.6 Å². The van der Waals surface area contributed by atoms with E-state index in [0.717, 1.165) is 47.5 Å². The molecular formula is C34H47N7O4. The summed E-state index contributed by atoms with van der Waals surface area (Å²) >= 11 is 0. The van der Waals surface area contributed by atoms with Gasteiger partial charge in [-0.2, -0.15) is 0 Å². The average Bonchev–Trinajstić information content (AvgIpc) is 3.64. The van der Waals surface area contributed by atoms with Gasteiger partial charge in [-0.1, -0.05) is 31.2 Å². The number of aromatic nitrogens is 4. The standard InChI is InChI=1S/C34H47N7O4/c1-22-34(8,15-9-16-41(22)31(43)45-33(5,6)7)28-35-20-27(39-28)24-12-10-23(11-13-24)25-18-36-29(37-19-25)38-26-14-17-40(21-26)30(42)44-32(2,3)4/h10-13,18-20,22,26H,9,14-17,21H2,1-8H3,(H,35,39)(H,36,37,38). The SMILES string of the molecule is CC1N(C(=O)OC(C)(C)C)CCCC1(C)c1ncc(-c2ccc(-c3cnc(NC4CCN(C(=O)OC(C)(C)C)C4)nc3)cc2)[nH]1. The summed E-state index contributed by atoms with van der Waals surface area (Å²) in [6, 6.07) is 8.21. The lowest BCUT2D eigenvalue weighted by Gasteiger charge is -2.45. The molecule has 2 N–H and O–H groups in total. The first kappa shape index (κ1) is 32.2. The summed E-state index contributed by atoms with van der Waals surface area (Å²) in [4.78, 5) is 46.2. The van der Waals surface area contributed by atoms with Crippen LogP contribution in [0.4, 0.5) is 15.5 Å². The molecule has 2 amide bonds. The quantitative estimate of drug-likeness (QED) is 0.327. The van der Waals surface area contributed by atoms with Gasteiger partial charge in [0.05, 0.1) is 11.9 Å². The molecule has 3 unspecified atom stereocenters. The van der Waals surface area contributed by atoms with Crippen molar-refractivity contribution < 1.29 is 19.1 Å². The summed E-state index contributed by atoms with van der Waals surface area (Å²) in [6.45, 7) is 17.4. The number of nitrogens with one attached hydrogen (secondary N) is 2. The lowest BCUT2D eigenvalue weighted by atomic mass is 9.75. The Morgan fingerprint density at radius 1 is 0.889 bits per heavy atom. The summed E-state index contributed by atoms with van der Waals surface area (Å²) in [5.41, 5.74) is 2.47. The van der Waals surface area contributed by atoms with E-state index in [-0.39, 0.29) is 29.7 Å². The van der Waals surface area contributed by atoms with Gasteiger partial charge in [0.2, 0.25) is 5.95 Å². The van der Waals surface area contributed by atoms with Crippen molar-refractivity contribution in [2.75, 3.05) is 25.0 Å². The number of piperidine rings is 1. The molecule has 11 nitrogen and oxygen atoms in total. The minimum atomic E-state index is -0.539. The molecule has 2 aromatic heterocycles. The highest BCUT2D eigenvalue weighted by Crippen LogP contribution is 2.39. The molecule has 3 aromatic rings. The molecule has 45 heavy (non-hydrogen) atoms. The van der Waals surface area contributed by atoms with Crippen molar-refractivity contribution in [3.05, 3.63) is 48.7 Å². The fraction of sp³-hybridized carbons (Fsp3) is 0.559. The number of benzene rings is 1. The highest BCUT2D eigenvalue weighted by Gasteiger charge is 2.44. The number of amides is 2. The zero-order valence-corrected chi connectivity index (χ0v) is 27.8. The van der Waals surface area contributed by atoms with Crippen molar-refractivity contribution in [3.8, 4) is 22.4 Å². The molecule has 0 spiro atoms. The van der Waals surface area contributed by atoms with E-state index < -0.39 is 11.2 Å². The number of carbonyl (C=O) groups excluding carboxylic acids is 2. The fourth-order valence-corrected chi connectivity index (χ4v) is 5.95. The van der Waals surface area contributed by atoms with Crippen LogP contribution in [0.15, 0.2) is 42.9 Å². The molecule has 0 aliphatic carbocycles. The first-order chi connectivity index (χ1) is 21.1. The predicted octanol–water partition coefficient (Wildman–Crippen LogP) is 6.63. The summed E-state index contributed by atoms with van der Waals surface area (Å²) in [5, 5.41) is 3.34. The van der Waals surface area contributed by atoms with Gasteiger partial charge >= 0.3 is 12.2 Å². The lowest BCUT2D eigenvalue weighted by Crippen LogP contribution is -2.55. The molecule has 2 aliphatic rings. The van der Waals surface area contributed by atoms with Gasteiger partial charge in [0.15, 0.2) is 0 Å². The van der Waals surface area contributed by atoms with Crippen molar-refractivity contribution in [1.29, 1.82) is 0 Å².